The van der Waals surface area contributed by atoms with Crippen molar-refractivity contribution in [1.29, 1.82) is 0 Å². The summed E-state index contributed by atoms with van der Waals surface area (Å²) in [7, 11) is 1.66. The van der Waals surface area contributed by atoms with Gasteiger partial charge in [0.15, 0.2) is 0 Å². The molecule has 0 bridgehead atoms. The Morgan fingerprint density at radius 1 is 1.29 bits per heavy atom. The van der Waals surface area contributed by atoms with E-state index in [9.17, 15) is 0 Å². The van der Waals surface area contributed by atoms with Crippen LogP contribution in [-0.4, -0.2) is 25.3 Å². The molecule has 2 rings (SSSR count). The van der Waals surface area contributed by atoms with Crippen LogP contribution >= 0.6 is 0 Å². The SMILES string of the molecule is COCCOCc1cc(N)c2[nH]cc(C)c2c1. The van der Waals surface area contributed by atoms with Gasteiger partial charge in [-0.2, -0.15) is 0 Å². The lowest BCUT2D eigenvalue weighted by molar-refractivity contribution is 0.0617. The van der Waals surface area contributed by atoms with Crippen LogP contribution in [0, 0.1) is 6.92 Å². The van der Waals surface area contributed by atoms with E-state index in [1.807, 2.05) is 12.3 Å². The number of fused-ring (bicyclic) bond motifs is 1. The van der Waals surface area contributed by atoms with Crippen LogP contribution in [0.2, 0.25) is 0 Å². The standard InChI is InChI=1S/C13H18N2O2/c1-9-7-15-13-11(9)5-10(6-12(13)14)8-17-4-3-16-2/h5-7,15H,3-4,8,14H2,1-2H3. The number of aromatic nitrogens is 1. The largest absolute Gasteiger partial charge is 0.397 e. The van der Waals surface area contributed by atoms with Gasteiger partial charge in [0, 0.05) is 18.7 Å². The highest BCUT2D eigenvalue weighted by Gasteiger charge is 2.05. The van der Waals surface area contributed by atoms with Gasteiger partial charge in [0.25, 0.3) is 0 Å². The molecular formula is C13H18N2O2. The summed E-state index contributed by atoms with van der Waals surface area (Å²) in [5.74, 6) is 0. The molecule has 0 aliphatic carbocycles. The minimum Gasteiger partial charge on any atom is -0.397 e. The molecule has 1 aromatic carbocycles. The van der Waals surface area contributed by atoms with E-state index in [2.05, 4.69) is 18.0 Å². The first kappa shape index (κ1) is 12.0. The highest BCUT2D eigenvalue weighted by atomic mass is 16.5. The van der Waals surface area contributed by atoms with Gasteiger partial charge in [-0.25, -0.2) is 0 Å². The molecule has 4 heteroatoms. The van der Waals surface area contributed by atoms with Crippen molar-refractivity contribution in [2.45, 2.75) is 13.5 Å². The lowest BCUT2D eigenvalue weighted by Gasteiger charge is -2.06. The third-order valence-corrected chi connectivity index (χ3v) is 2.79. The second-order valence-corrected chi connectivity index (χ2v) is 4.12. The lowest BCUT2D eigenvalue weighted by Crippen LogP contribution is -2.02. The van der Waals surface area contributed by atoms with Gasteiger partial charge in [-0.15, -0.1) is 0 Å². The van der Waals surface area contributed by atoms with Crippen LogP contribution in [0.5, 0.6) is 0 Å². The normalized spacial score (nSPS) is 11.2. The van der Waals surface area contributed by atoms with Gasteiger partial charge in [-0.05, 0) is 30.2 Å². The molecule has 3 N–H and O–H groups in total. The van der Waals surface area contributed by atoms with E-state index >= 15 is 0 Å². The fraction of sp³-hybridized carbons (Fsp3) is 0.385. The van der Waals surface area contributed by atoms with E-state index in [1.54, 1.807) is 7.11 Å². The number of methoxy groups -OCH3 is 1. The Balaban J connectivity index is 2.15. The molecule has 0 aliphatic heterocycles. The number of aryl methyl sites for hydroxylation is 1. The van der Waals surface area contributed by atoms with Gasteiger partial charge < -0.3 is 20.2 Å². The third-order valence-electron chi connectivity index (χ3n) is 2.79. The van der Waals surface area contributed by atoms with Crippen LogP contribution < -0.4 is 5.73 Å². The minimum absolute atomic E-state index is 0.564. The first-order chi connectivity index (χ1) is 8.22. The predicted octanol–water partition coefficient (Wildman–Crippen LogP) is 2.22. The van der Waals surface area contributed by atoms with Crippen LogP contribution in [-0.2, 0) is 16.1 Å². The van der Waals surface area contributed by atoms with E-state index < -0.39 is 0 Å². The highest BCUT2D eigenvalue weighted by Crippen LogP contribution is 2.25. The summed E-state index contributed by atoms with van der Waals surface area (Å²) in [6.07, 6.45) is 1.97. The zero-order valence-electron chi connectivity index (χ0n) is 10.2. The molecule has 4 nitrogen and oxygen atoms in total. The Morgan fingerprint density at radius 2 is 2.12 bits per heavy atom. The maximum absolute atomic E-state index is 5.99. The Labute approximate surface area is 101 Å². The summed E-state index contributed by atoms with van der Waals surface area (Å²) in [6, 6.07) is 4.06. The maximum atomic E-state index is 5.99. The number of nitrogen functional groups attached to an aromatic ring is 1. The summed E-state index contributed by atoms with van der Waals surface area (Å²) in [5, 5.41) is 1.16. The van der Waals surface area contributed by atoms with Crippen LogP contribution in [0.3, 0.4) is 0 Å². The number of ether oxygens (including phenoxy) is 2. The number of aromatic amines is 1. The fourth-order valence-corrected chi connectivity index (χ4v) is 1.87. The fourth-order valence-electron chi connectivity index (χ4n) is 1.87. The Bertz CT molecular complexity index is 505. The maximum Gasteiger partial charge on any atom is 0.0719 e. The second kappa shape index (κ2) is 5.21. The Hall–Kier alpha value is -1.52. The molecule has 0 saturated carbocycles. The van der Waals surface area contributed by atoms with Crippen molar-refractivity contribution >= 4 is 16.6 Å². The summed E-state index contributed by atoms with van der Waals surface area (Å²) in [6.45, 7) is 3.84. The van der Waals surface area contributed by atoms with Crippen molar-refractivity contribution in [3.8, 4) is 0 Å². The Morgan fingerprint density at radius 3 is 2.88 bits per heavy atom. The molecule has 0 atom stereocenters. The number of anilines is 1. The second-order valence-electron chi connectivity index (χ2n) is 4.12. The molecule has 0 radical (unpaired) electrons. The number of nitrogens with two attached hydrogens (primary N) is 1. The van der Waals surface area contributed by atoms with Gasteiger partial charge in [0.2, 0.25) is 0 Å². The molecule has 1 aromatic heterocycles. The van der Waals surface area contributed by atoms with Crippen molar-refractivity contribution in [3.05, 3.63) is 29.5 Å². The molecular weight excluding hydrogens is 216 g/mol. The van der Waals surface area contributed by atoms with Gasteiger partial charge >= 0.3 is 0 Å². The quantitative estimate of drug-likeness (QED) is 0.616. The highest BCUT2D eigenvalue weighted by molar-refractivity contribution is 5.93. The first-order valence-electron chi connectivity index (χ1n) is 5.65. The molecule has 17 heavy (non-hydrogen) atoms. The third kappa shape index (κ3) is 2.60. The zero-order chi connectivity index (χ0) is 12.3. The van der Waals surface area contributed by atoms with Crippen LogP contribution in [0.15, 0.2) is 18.3 Å². The monoisotopic (exact) mass is 234 g/mol. The summed E-state index contributed by atoms with van der Waals surface area (Å²) in [4.78, 5) is 3.17. The van der Waals surface area contributed by atoms with Crippen LogP contribution in [0.4, 0.5) is 5.69 Å². The van der Waals surface area contributed by atoms with Crippen molar-refractivity contribution < 1.29 is 9.47 Å². The molecule has 0 unspecified atom stereocenters. The van der Waals surface area contributed by atoms with E-state index in [0.717, 1.165) is 22.2 Å². The predicted molar refractivity (Wildman–Crippen MR) is 69.0 cm³/mol. The summed E-state index contributed by atoms with van der Waals surface area (Å²) >= 11 is 0. The van der Waals surface area contributed by atoms with Crippen molar-refractivity contribution in [3.63, 3.8) is 0 Å². The average Bonchev–Trinajstić information content (AvgIpc) is 2.68. The van der Waals surface area contributed by atoms with Crippen molar-refractivity contribution in [2.75, 3.05) is 26.1 Å². The molecule has 0 fully saturated rings. The number of H-pyrrole nitrogens is 1. The molecule has 0 amide bonds. The van der Waals surface area contributed by atoms with E-state index in [4.69, 9.17) is 15.2 Å². The van der Waals surface area contributed by atoms with E-state index in [1.165, 1.54) is 5.56 Å². The average molecular weight is 234 g/mol. The molecule has 92 valence electrons. The minimum atomic E-state index is 0.564. The van der Waals surface area contributed by atoms with E-state index in [0.29, 0.717) is 19.8 Å². The molecule has 0 saturated heterocycles. The number of hydrogen-bond acceptors (Lipinski definition) is 3. The Kier molecular flexibility index (Phi) is 3.66. The van der Waals surface area contributed by atoms with Crippen molar-refractivity contribution in [1.82, 2.24) is 4.98 Å². The van der Waals surface area contributed by atoms with Crippen LogP contribution in [0.1, 0.15) is 11.1 Å². The van der Waals surface area contributed by atoms with Gasteiger partial charge in [0.05, 0.1) is 31.0 Å². The number of rotatable bonds is 5. The smallest absolute Gasteiger partial charge is 0.0719 e. The molecule has 0 aliphatic rings. The first-order valence-corrected chi connectivity index (χ1v) is 5.65. The van der Waals surface area contributed by atoms with Gasteiger partial charge in [-0.3, -0.25) is 0 Å². The van der Waals surface area contributed by atoms with Crippen LogP contribution in [0.25, 0.3) is 10.9 Å². The van der Waals surface area contributed by atoms with Crippen molar-refractivity contribution in [2.24, 2.45) is 0 Å². The van der Waals surface area contributed by atoms with Gasteiger partial charge in [-0.1, -0.05) is 0 Å². The zero-order valence-corrected chi connectivity index (χ0v) is 10.2. The molecule has 0 spiro atoms. The number of hydrogen-bond donors (Lipinski definition) is 2. The lowest BCUT2D eigenvalue weighted by atomic mass is 10.1. The summed E-state index contributed by atoms with van der Waals surface area (Å²) < 4.78 is 10.4. The molecule has 2 aromatic rings. The number of nitrogens with one attached hydrogen (secondary N) is 1. The van der Waals surface area contributed by atoms with E-state index in [-0.39, 0.29) is 0 Å². The summed E-state index contributed by atoms with van der Waals surface area (Å²) in [5.41, 5.74) is 10.0. The van der Waals surface area contributed by atoms with Gasteiger partial charge in [0.1, 0.15) is 0 Å². The number of benzene rings is 1. The molecule has 1 heterocycles. The topological polar surface area (TPSA) is 60.3 Å².